The Morgan fingerprint density at radius 3 is 2.67 bits per heavy atom. The maximum absolute atomic E-state index is 11.3. The Hall–Kier alpha value is -2.81. The second kappa shape index (κ2) is 8.85. The number of hydrogen-bond acceptors (Lipinski definition) is 6. The van der Waals surface area contributed by atoms with Crippen molar-refractivity contribution in [2.45, 2.75) is 38.8 Å². The standard InChI is InChI=1S/C15H18ClN3O.C9H7N3S/c1-11(12-2-3-12)15(20,8-19-10-17-9-18-19)13-4-6-14(16)7-5-13;1-6-3-2-4-7-8(6)12-5-10-11-9(12)13-7/h4-7,9-12,20H,2-3,8H2,1H3;2-5H,1H3. The van der Waals surface area contributed by atoms with Gasteiger partial charge in [0.05, 0.1) is 16.8 Å². The third-order valence-electron chi connectivity index (χ3n) is 6.46. The number of para-hydroxylation sites is 1. The zero-order chi connectivity index (χ0) is 23.0. The van der Waals surface area contributed by atoms with Crippen molar-refractivity contribution < 1.29 is 5.11 Å². The average Bonchev–Trinajstić information content (AvgIpc) is 3.16. The molecule has 1 saturated carbocycles. The topological polar surface area (TPSA) is 81.1 Å². The third kappa shape index (κ3) is 4.38. The summed E-state index contributed by atoms with van der Waals surface area (Å²) in [5.74, 6) is 0.757. The van der Waals surface area contributed by atoms with Gasteiger partial charge in [-0.1, -0.05) is 54.1 Å². The van der Waals surface area contributed by atoms with Crippen LogP contribution in [0.4, 0.5) is 0 Å². The van der Waals surface area contributed by atoms with Gasteiger partial charge in [0.2, 0.25) is 4.96 Å². The van der Waals surface area contributed by atoms with Crippen LogP contribution in [0, 0.1) is 18.8 Å². The number of aromatic nitrogens is 6. The van der Waals surface area contributed by atoms with E-state index in [1.807, 2.05) is 28.7 Å². The Morgan fingerprint density at radius 2 is 1.97 bits per heavy atom. The molecule has 0 bridgehead atoms. The minimum Gasteiger partial charge on any atom is -0.383 e. The first-order valence-corrected chi connectivity index (χ1v) is 12.1. The molecule has 33 heavy (non-hydrogen) atoms. The molecule has 1 N–H and O–H groups in total. The minimum atomic E-state index is -0.945. The first kappa shape index (κ1) is 22.0. The van der Waals surface area contributed by atoms with Crippen LogP contribution in [0.25, 0.3) is 15.2 Å². The molecule has 1 fully saturated rings. The zero-order valence-electron chi connectivity index (χ0n) is 18.5. The Labute approximate surface area is 200 Å². The molecule has 2 unspecified atom stereocenters. The fourth-order valence-electron chi connectivity index (χ4n) is 4.35. The van der Waals surface area contributed by atoms with Crippen LogP contribution in [0.3, 0.4) is 0 Å². The van der Waals surface area contributed by atoms with Gasteiger partial charge in [-0.3, -0.25) is 4.40 Å². The SMILES string of the molecule is CC(C1CC1)C(O)(Cn1cncn1)c1ccc(Cl)cc1.Cc1cccc2sc3nncn3c12. The highest BCUT2D eigenvalue weighted by Gasteiger charge is 2.44. The molecule has 3 aromatic heterocycles. The summed E-state index contributed by atoms with van der Waals surface area (Å²) in [6, 6.07) is 13.7. The average molecular weight is 481 g/mol. The molecular weight excluding hydrogens is 456 g/mol. The molecule has 7 nitrogen and oxygen atoms in total. The van der Waals surface area contributed by atoms with E-state index in [1.54, 1.807) is 28.7 Å². The lowest BCUT2D eigenvalue weighted by Crippen LogP contribution is -2.39. The number of thiazole rings is 1. The van der Waals surface area contributed by atoms with Gasteiger partial charge in [0.1, 0.15) is 24.6 Å². The predicted molar refractivity (Wildman–Crippen MR) is 130 cm³/mol. The molecule has 170 valence electrons. The van der Waals surface area contributed by atoms with E-state index in [1.165, 1.54) is 34.9 Å². The van der Waals surface area contributed by atoms with Crippen molar-refractivity contribution in [2.24, 2.45) is 11.8 Å². The third-order valence-corrected chi connectivity index (χ3v) is 7.72. The van der Waals surface area contributed by atoms with Crippen molar-refractivity contribution in [1.82, 2.24) is 29.4 Å². The maximum Gasteiger partial charge on any atom is 0.217 e. The molecule has 6 rings (SSSR count). The van der Waals surface area contributed by atoms with Crippen LogP contribution in [-0.2, 0) is 12.1 Å². The van der Waals surface area contributed by atoms with Crippen LogP contribution in [0.5, 0.6) is 0 Å². The summed E-state index contributed by atoms with van der Waals surface area (Å²) in [5, 5.41) is 24.0. The molecule has 2 atom stereocenters. The number of aryl methyl sites for hydroxylation is 1. The van der Waals surface area contributed by atoms with Gasteiger partial charge >= 0.3 is 0 Å². The number of halogens is 1. The first-order chi connectivity index (χ1) is 16.0. The molecule has 0 aliphatic heterocycles. The number of nitrogens with zero attached hydrogens (tertiary/aromatic N) is 6. The van der Waals surface area contributed by atoms with E-state index >= 15 is 0 Å². The smallest absolute Gasteiger partial charge is 0.217 e. The van der Waals surface area contributed by atoms with Crippen molar-refractivity contribution in [3.05, 3.63) is 77.6 Å². The summed E-state index contributed by atoms with van der Waals surface area (Å²) in [6.45, 7) is 4.63. The van der Waals surface area contributed by atoms with Crippen LogP contribution in [0.2, 0.25) is 5.02 Å². The molecule has 0 spiro atoms. The minimum absolute atomic E-state index is 0.174. The van der Waals surface area contributed by atoms with Gasteiger partial charge in [-0.25, -0.2) is 9.67 Å². The molecular formula is C24H25ClN6OS. The number of fused-ring (bicyclic) bond motifs is 3. The summed E-state index contributed by atoms with van der Waals surface area (Å²) in [4.78, 5) is 4.92. The second-order valence-corrected chi connectivity index (χ2v) is 10.1. The molecule has 9 heteroatoms. The first-order valence-electron chi connectivity index (χ1n) is 10.9. The molecule has 5 aromatic rings. The highest BCUT2D eigenvalue weighted by atomic mass is 35.5. The molecule has 0 saturated heterocycles. The van der Waals surface area contributed by atoms with E-state index < -0.39 is 5.60 Å². The van der Waals surface area contributed by atoms with Crippen molar-refractivity contribution >= 4 is 38.1 Å². The van der Waals surface area contributed by atoms with Crippen LogP contribution >= 0.6 is 22.9 Å². The summed E-state index contributed by atoms with van der Waals surface area (Å²) >= 11 is 7.62. The monoisotopic (exact) mass is 480 g/mol. The van der Waals surface area contributed by atoms with Gasteiger partial charge in [-0.2, -0.15) is 5.10 Å². The van der Waals surface area contributed by atoms with E-state index in [9.17, 15) is 5.11 Å². The van der Waals surface area contributed by atoms with Gasteiger partial charge in [0.15, 0.2) is 0 Å². The van der Waals surface area contributed by atoms with Crippen molar-refractivity contribution in [1.29, 1.82) is 0 Å². The van der Waals surface area contributed by atoms with Gasteiger partial charge < -0.3 is 5.11 Å². The molecule has 1 aliphatic carbocycles. The fraction of sp³-hybridized carbons (Fsp3) is 0.333. The van der Waals surface area contributed by atoms with E-state index in [-0.39, 0.29) is 5.92 Å². The summed E-state index contributed by atoms with van der Waals surface area (Å²) in [5.41, 5.74) is 2.44. The van der Waals surface area contributed by atoms with Gasteiger partial charge in [-0.05, 0) is 60.9 Å². The number of aliphatic hydroxyl groups is 1. The number of rotatable bonds is 5. The molecule has 2 aromatic carbocycles. The quantitative estimate of drug-likeness (QED) is 0.377. The normalized spacial score (nSPS) is 16.4. The van der Waals surface area contributed by atoms with Gasteiger partial charge in [0.25, 0.3) is 0 Å². The fourth-order valence-corrected chi connectivity index (χ4v) is 5.50. The molecule has 0 amide bonds. The van der Waals surface area contributed by atoms with Crippen molar-refractivity contribution in [3.8, 4) is 0 Å². The molecule has 0 radical (unpaired) electrons. The van der Waals surface area contributed by atoms with E-state index in [0.717, 1.165) is 10.5 Å². The summed E-state index contributed by atoms with van der Waals surface area (Å²) < 4.78 is 4.99. The Morgan fingerprint density at radius 1 is 1.18 bits per heavy atom. The lowest BCUT2D eigenvalue weighted by Gasteiger charge is -2.35. The molecule has 1 aliphatic rings. The number of hydrogen-bond donors (Lipinski definition) is 1. The van der Waals surface area contributed by atoms with Crippen LogP contribution in [0.1, 0.15) is 30.9 Å². The lowest BCUT2D eigenvalue weighted by atomic mass is 9.79. The van der Waals surface area contributed by atoms with Crippen molar-refractivity contribution in [3.63, 3.8) is 0 Å². The second-order valence-electron chi connectivity index (χ2n) is 8.66. The Bertz CT molecular complexity index is 1360. The summed E-state index contributed by atoms with van der Waals surface area (Å²) in [6.07, 6.45) is 7.27. The highest BCUT2D eigenvalue weighted by Crippen LogP contribution is 2.46. The zero-order valence-corrected chi connectivity index (χ0v) is 20.0. The van der Waals surface area contributed by atoms with E-state index in [4.69, 9.17) is 11.6 Å². The summed E-state index contributed by atoms with van der Waals surface area (Å²) in [7, 11) is 0. The van der Waals surface area contributed by atoms with Crippen LogP contribution < -0.4 is 0 Å². The maximum atomic E-state index is 11.3. The van der Waals surface area contributed by atoms with E-state index in [2.05, 4.69) is 52.3 Å². The lowest BCUT2D eigenvalue weighted by molar-refractivity contribution is -0.0442. The molecule has 3 heterocycles. The Balaban J connectivity index is 0.000000151. The van der Waals surface area contributed by atoms with Gasteiger partial charge in [-0.15, -0.1) is 10.2 Å². The van der Waals surface area contributed by atoms with E-state index in [0.29, 0.717) is 17.5 Å². The van der Waals surface area contributed by atoms with Gasteiger partial charge in [0, 0.05) is 5.02 Å². The number of benzene rings is 2. The van der Waals surface area contributed by atoms with Crippen LogP contribution in [-0.4, -0.2) is 34.5 Å². The largest absolute Gasteiger partial charge is 0.383 e. The predicted octanol–water partition coefficient (Wildman–Crippen LogP) is 5.12. The highest BCUT2D eigenvalue weighted by molar-refractivity contribution is 7.23. The Kier molecular flexibility index (Phi) is 5.90. The van der Waals surface area contributed by atoms with Crippen LogP contribution in [0.15, 0.2) is 61.4 Å². The van der Waals surface area contributed by atoms with Crippen molar-refractivity contribution in [2.75, 3.05) is 0 Å².